The van der Waals surface area contributed by atoms with E-state index in [4.69, 9.17) is 4.74 Å². The molecule has 1 saturated heterocycles. The Balaban J connectivity index is 1.36. The third kappa shape index (κ3) is 5.49. The number of methoxy groups -OCH3 is 1. The van der Waals surface area contributed by atoms with E-state index in [9.17, 15) is 9.59 Å². The van der Waals surface area contributed by atoms with E-state index in [2.05, 4.69) is 20.5 Å². The van der Waals surface area contributed by atoms with E-state index in [0.717, 1.165) is 29.9 Å². The molecule has 1 fully saturated rings. The molecule has 1 aliphatic rings. The Labute approximate surface area is 193 Å². The SMILES string of the molecule is COc1ccccc1NC(=O)c1ccnc(N2CCC(C(=O)Nc3cccc(C)c3)CC2)c1. The number of nitrogens with zero attached hydrogens (tertiary/aromatic N) is 2. The van der Waals surface area contributed by atoms with E-state index < -0.39 is 0 Å². The Bertz CT molecular complexity index is 1140. The number of hydrogen-bond acceptors (Lipinski definition) is 5. The summed E-state index contributed by atoms with van der Waals surface area (Å²) in [6, 6.07) is 18.6. The van der Waals surface area contributed by atoms with Crippen molar-refractivity contribution in [2.24, 2.45) is 5.92 Å². The van der Waals surface area contributed by atoms with Gasteiger partial charge in [-0.2, -0.15) is 0 Å². The Hall–Kier alpha value is -3.87. The molecule has 1 aromatic heterocycles. The first kappa shape index (κ1) is 22.3. The van der Waals surface area contributed by atoms with Crippen molar-refractivity contribution in [2.45, 2.75) is 19.8 Å². The summed E-state index contributed by atoms with van der Waals surface area (Å²) >= 11 is 0. The molecule has 170 valence electrons. The number of amides is 2. The Kier molecular flexibility index (Phi) is 6.88. The van der Waals surface area contributed by atoms with Gasteiger partial charge in [0, 0.05) is 36.5 Å². The van der Waals surface area contributed by atoms with Crippen LogP contribution in [0.25, 0.3) is 0 Å². The van der Waals surface area contributed by atoms with Crippen molar-refractivity contribution in [1.29, 1.82) is 0 Å². The average Bonchev–Trinajstić information content (AvgIpc) is 2.84. The molecule has 0 unspecified atom stereocenters. The minimum atomic E-state index is -0.226. The summed E-state index contributed by atoms with van der Waals surface area (Å²) in [7, 11) is 1.57. The molecule has 0 radical (unpaired) electrons. The number of benzene rings is 2. The number of aryl methyl sites for hydroxylation is 1. The summed E-state index contributed by atoms with van der Waals surface area (Å²) in [5, 5.41) is 5.92. The molecule has 0 spiro atoms. The maximum Gasteiger partial charge on any atom is 0.255 e. The third-order valence-electron chi connectivity index (χ3n) is 5.84. The molecule has 3 aromatic rings. The van der Waals surface area contributed by atoms with Gasteiger partial charge in [0.2, 0.25) is 5.91 Å². The topological polar surface area (TPSA) is 83.6 Å². The quantitative estimate of drug-likeness (QED) is 0.585. The second kappa shape index (κ2) is 10.2. The van der Waals surface area contributed by atoms with Crippen molar-refractivity contribution in [3.8, 4) is 5.75 Å². The van der Waals surface area contributed by atoms with Gasteiger partial charge in [-0.25, -0.2) is 4.98 Å². The number of anilines is 3. The van der Waals surface area contributed by atoms with E-state index in [0.29, 0.717) is 30.1 Å². The molecule has 2 amide bonds. The number of pyridine rings is 1. The highest BCUT2D eigenvalue weighted by Gasteiger charge is 2.26. The molecule has 33 heavy (non-hydrogen) atoms. The summed E-state index contributed by atoms with van der Waals surface area (Å²) in [5.41, 5.74) is 3.08. The number of hydrogen-bond donors (Lipinski definition) is 2. The van der Waals surface area contributed by atoms with Crippen molar-refractivity contribution < 1.29 is 14.3 Å². The van der Waals surface area contributed by atoms with Gasteiger partial charge < -0.3 is 20.3 Å². The second-order valence-corrected chi connectivity index (χ2v) is 8.18. The van der Waals surface area contributed by atoms with Crippen molar-refractivity contribution >= 4 is 29.0 Å². The highest BCUT2D eigenvalue weighted by molar-refractivity contribution is 6.05. The zero-order valence-corrected chi connectivity index (χ0v) is 18.9. The van der Waals surface area contributed by atoms with Crippen LogP contribution in [-0.4, -0.2) is 37.0 Å². The van der Waals surface area contributed by atoms with Crippen LogP contribution in [0.2, 0.25) is 0 Å². The summed E-state index contributed by atoms with van der Waals surface area (Å²) in [4.78, 5) is 32.0. The van der Waals surface area contributed by atoms with Crippen molar-refractivity contribution in [3.05, 3.63) is 78.0 Å². The fourth-order valence-corrected chi connectivity index (χ4v) is 4.01. The van der Waals surface area contributed by atoms with Crippen LogP contribution in [0.5, 0.6) is 5.75 Å². The highest BCUT2D eigenvalue weighted by Crippen LogP contribution is 2.26. The summed E-state index contributed by atoms with van der Waals surface area (Å²) in [6.07, 6.45) is 3.11. The normalized spacial score (nSPS) is 13.9. The predicted octanol–water partition coefficient (Wildman–Crippen LogP) is 4.51. The van der Waals surface area contributed by atoms with Crippen LogP contribution >= 0.6 is 0 Å². The van der Waals surface area contributed by atoms with Gasteiger partial charge in [-0.15, -0.1) is 0 Å². The lowest BCUT2D eigenvalue weighted by atomic mass is 9.95. The van der Waals surface area contributed by atoms with Gasteiger partial charge in [0.05, 0.1) is 12.8 Å². The number of carbonyl (C=O) groups is 2. The van der Waals surface area contributed by atoms with Crippen LogP contribution in [0.1, 0.15) is 28.8 Å². The molecule has 2 heterocycles. The van der Waals surface area contributed by atoms with Crippen molar-refractivity contribution in [1.82, 2.24) is 4.98 Å². The van der Waals surface area contributed by atoms with Gasteiger partial charge in [0.1, 0.15) is 11.6 Å². The van der Waals surface area contributed by atoms with E-state index in [1.807, 2.05) is 43.3 Å². The Morgan fingerprint density at radius 2 is 1.79 bits per heavy atom. The summed E-state index contributed by atoms with van der Waals surface area (Å²) in [6.45, 7) is 3.42. The van der Waals surface area contributed by atoms with Crippen molar-refractivity contribution in [2.75, 3.05) is 35.7 Å². The minimum Gasteiger partial charge on any atom is -0.495 e. The molecular weight excluding hydrogens is 416 g/mol. The number of rotatable bonds is 6. The van der Waals surface area contributed by atoms with Crippen LogP contribution in [0.15, 0.2) is 66.9 Å². The molecule has 0 bridgehead atoms. The van der Waals surface area contributed by atoms with Gasteiger partial charge in [0.15, 0.2) is 0 Å². The van der Waals surface area contributed by atoms with Gasteiger partial charge >= 0.3 is 0 Å². The molecule has 7 heteroatoms. The highest BCUT2D eigenvalue weighted by atomic mass is 16.5. The number of aromatic nitrogens is 1. The minimum absolute atomic E-state index is 0.0428. The molecule has 2 aromatic carbocycles. The second-order valence-electron chi connectivity index (χ2n) is 8.18. The first-order valence-electron chi connectivity index (χ1n) is 11.1. The molecule has 0 atom stereocenters. The Morgan fingerprint density at radius 3 is 2.55 bits per heavy atom. The van der Waals surface area contributed by atoms with E-state index in [1.165, 1.54) is 0 Å². The van der Waals surface area contributed by atoms with Crippen LogP contribution < -0.4 is 20.3 Å². The number of para-hydroxylation sites is 2. The lowest BCUT2D eigenvalue weighted by molar-refractivity contribution is -0.120. The average molecular weight is 445 g/mol. The van der Waals surface area contributed by atoms with Gasteiger partial charge in [-0.3, -0.25) is 9.59 Å². The number of nitrogens with one attached hydrogen (secondary N) is 2. The fraction of sp³-hybridized carbons (Fsp3) is 0.269. The van der Waals surface area contributed by atoms with Gasteiger partial charge in [-0.1, -0.05) is 24.3 Å². The van der Waals surface area contributed by atoms with E-state index in [1.54, 1.807) is 37.6 Å². The third-order valence-corrected chi connectivity index (χ3v) is 5.84. The van der Waals surface area contributed by atoms with Crippen LogP contribution in [0.4, 0.5) is 17.2 Å². The van der Waals surface area contributed by atoms with E-state index in [-0.39, 0.29) is 17.7 Å². The summed E-state index contributed by atoms with van der Waals surface area (Å²) in [5.74, 6) is 1.12. The Morgan fingerprint density at radius 1 is 1.00 bits per heavy atom. The largest absolute Gasteiger partial charge is 0.495 e. The molecule has 1 aliphatic heterocycles. The molecule has 7 nitrogen and oxygen atoms in total. The molecule has 2 N–H and O–H groups in total. The molecule has 4 rings (SSSR count). The maximum absolute atomic E-state index is 12.8. The van der Waals surface area contributed by atoms with Crippen LogP contribution in [-0.2, 0) is 4.79 Å². The maximum atomic E-state index is 12.8. The smallest absolute Gasteiger partial charge is 0.255 e. The first-order valence-corrected chi connectivity index (χ1v) is 11.1. The number of carbonyl (C=O) groups excluding carboxylic acids is 2. The zero-order chi connectivity index (χ0) is 23.2. The fourth-order valence-electron chi connectivity index (χ4n) is 4.01. The number of piperidine rings is 1. The van der Waals surface area contributed by atoms with E-state index >= 15 is 0 Å². The molecule has 0 aliphatic carbocycles. The predicted molar refractivity (Wildman–Crippen MR) is 130 cm³/mol. The van der Waals surface area contributed by atoms with Crippen molar-refractivity contribution in [3.63, 3.8) is 0 Å². The molecule has 0 saturated carbocycles. The first-order chi connectivity index (χ1) is 16.0. The lowest BCUT2D eigenvalue weighted by Gasteiger charge is -2.32. The van der Waals surface area contributed by atoms with Gasteiger partial charge in [0.25, 0.3) is 5.91 Å². The summed E-state index contributed by atoms with van der Waals surface area (Å²) < 4.78 is 5.31. The standard InChI is InChI=1S/C26H28N4O3/c1-18-6-5-7-21(16-18)28-25(31)19-11-14-30(15-12-19)24-17-20(10-13-27-24)26(32)29-22-8-3-4-9-23(22)33-2/h3-10,13,16-17,19H,11-12,14-15H2,1-2H3,(H,28,31)(H,29,32). The van der Waals surface area contributed by atoms with Crippen LogP contribution in [0, 0.1) is 12.8 Å². The molecular formula is C26H28N4O3. The van der Waals surface area contributed by atoms with Gasteiger partial charge in [-0.05, 0) is 61.7 Å². The zero-order valence-electron chi connectivity index (χ0n) is 18.9. The number of ether oxygens (including phenoxy) is 1. The van der Waals surface area contributed by atoms with Crippen LogP contribution in [0.3, 0.4) is 0 Å². The monoisotopic (exact) mass is 444 g/mol. The lowest BCUT2D eigenvalue weighted by Crippen LogP contribution is -2.38.